The van der Waals surface area contributed by atoms with Gasteiger partial charge in [-0.3, -0.25) is 4.90 Å². The van der Waals surface area contributed by atoms with Gasteiger partial charge in [0.05, 0.1) is 0 Å². The number of aryl methyl sites for hydroxylation is 2. The van der Waals surface area contributed by atoms with Gasteiger partial charge in [-0.1, -0.05) is 12.5 Å². The number of phenolic OH excluding ortho intramolecular Hbond substituents is 1. The third-order valence-corrected chi connectivity index (χ3v) is 4.61. The van der Waals surface area contributed by atoms with Gasteiger partial charge < -0.3 is 5.11 Å². The second-order valence-corrected chi connectivity index (χ2v) is 5.92. The first kappa shape index (κ1) is 12.0. The summed E-state index contributed by atoms with van der Waals surface area (Å²) in [5, 5.41) is 10.2. The maximum absolute atomic E-state index is 10.2. The quantitative estimate of drug-likeness (QED) is 0.864. The summed E-state index contributed by atoms with van der Waals surface area (Å²) in [6.45, 7) is 4.40. The summed E-state index contributed by atoms with van der Waals surface area (Å²) >= 11 is 0. The lowest BCUT2D eigenvalue weighted by molar-refractivity contribution is 0.151. The van der Waals surface area contributed by atoms with Gasteiger partial charge in [-0.05, 0) is 62.8 Å². The van der Waals surface area contributed by atoms with E-state index in [2.05, 4.69) is 17.9 Å². The molecule has 18 heavy (non-hydrogen) atoms. The molecule has 1 aliphatic heterocycles. The van der Waals surface area contributed by atoms with Gasteiger partial charge in [-0.2, -0.15) is 0 Å². The van der Waals surface area contributed by atoms with Gasteiger partial charge >= 0.3 is 0 Å². The summed E-state index contributed by atoms with van der Waals surface area (Å²) in [6.07, 6.45) is 7.54. The number of benzene rings is 1. The van der Waals surface area contributed by atoms with Crippen LogP contribution >= 0.6 is 0 Å². The highest BCUT2D eigenvalue weighted by Crippen LogP contribution is 2.31. The number of hydrogen-bond donors (Lipinski definition) is 1. The van der Waals surface area contributed by atoms with Gasteiger partial charge in [0.25, 0.3) is 0 Å². The highest BCUT2D eigenvalue weighted by atomic mass is 16.3. The van der Waals surface area contributed by atoms with Crippen LogP contribution in [0.25, 0.3) is 0 Å². The molecule has 1 aliphatic carbocycles. The standard InChI is InChI=1S/C16H23NO/c1-12-5-2-3-8-17(12)11-15-9-13-6-4-7-14(13)10-16(15)18/h9-10,12,18H,2-8,11H2,1H3. The molecule has 0 spiro atoms. The molecule has 0 amide bonds. The zero-order valence-corrected chi connectivity index (χ0v) is 11.3. The number of fused-ring (bicyclic) bond motifs is 1. The molecule has 98 valence electrons. The fourth-order valence-corrected chi connectivity index (χ4v) is 3.40. The Morgan fingerprint density at radius 2 is 1.94 bits per heavy atom. The number of rotatable bonds is 2. The topological polar surface area (TPSA) is 23.5 Å². The first-order chi connectivity index (χ1) is 8.74. The molecule has 0 bridgehead atoms. The van der Waals surface area contributed by atoms with Gasteiger partial charge in [-0.25, -0.2) is 0 Å². The second-order valence-electron chi connectivity index (χ2n) is 5.92. The predicted molar refractivity (Wildman–Crippen MR) is 73.9 cm³/mol. The first-order valence-electron chi connectivity index (χ1n) is 7.32. The molecular weight excluding hydrogens is 222 g/mol. The summed E-state index contributed by atoms with van der Waals surface area (Å²) in [5.41, 5.74) is 3.96. The summed E-state index contributed by atoms with van der Waals surface area (Å²) < 4.78 is 0. The van der Waals surface area contributed by atoms with E-state index in [-0.39, 0.29) is 0 Å². The third kappa shape index (κ3) is 2.26. The molecule has 1 fully saturated rings. The van der Waals surface area contributed by atoms with Crippen molar-refractivity contribution in [2.24, 2.45) is 0 Å². The molecule has 0 aromatic heterocycles. The molecule has 2 heteroatoms. The molecule has 1 atom stereocenters. The summed E-state index contributed by atoms with van der Waals surface area (Å²) in [7, 11) is 0. The van der Waals surface area contributed by atoms with Crippen LogP contribution in [0.2, 0.25) is 0 Å². The fourth-order valence-electron chi connectivity index (χ4n) is 3.40. The van der Waals surface area contributed by atoms with Crippen molar-refractivity contribution in [1.29, 1.82) is 0 Å². The van der Waals surface area contributed by atoms with Gasteiger partial charge in [0, 0.05) is 18.2 Å². The highest BCUT2D eigenvalue weighted by Gasteiger charge is 2.21. The predicted octanol–water partition coefficient (Wildman–Crippen LogP) is 3.26. The van der Waals surface area contributed by atoms with Gasteiger partial charge in [0.2, 0.25) is 0 Å². The molecule has 1 heterocycles. The largest absolute Gasteiger partial charge is 0.508 e. The number of piperidine rings is 1. The highest BCUT2D eigenvalue weighted by molar-refractivity contribution is 5.44. The van der Waals surface area contributed by atoms with Crippen LogP contribution in [0.3, 0.4) is 0 Å². The maximum Gasteiger partial charge on any atom is 0.120 e. The average Bonchev–Trinajstić information content (AvgIpc) is 2.79. The minimum Gasteiger partial charge on any atom is -0.508 e. The van der Waals surface area contributed by atoms with Crippen molar-refractivity contribution in [2.45, 2.75) is 58.0 Å². The number of nitrogens with zero attached hydrogens (tertiary/aromatic N) is 1. The monoisotopic (exact) mass is 245 g/mol. The molecule has 3 rings (SSSR count). The van der Waals surface area contributed by atoms with Crippen LogP contribution < -0.4 is 0 Å². The molecule has 1 aromatic rings. The van der Waals surface area contributed by atoms with Crippen LogP contribution in [-0.4, -0.2) is 22.6 Å². The first-order valence-corrected chi connectivity index (χ1v) is 7.32. The Morgan fingerprint density at radius 1 is 1.17 bits per heavy atom. The normalized spacial score (nSPS) is 24.2. The maximum atomic E-state index is 10.2. The van der Waals surface area contributed by atoms with Crippen molar-refractivity contribution in [3.63, 3.8) is 0 Å². The summed E-state index contributed by atoms with van der Waals surface area (Å²) in [6, 6.07) is 4.91. The smallest absolute Gasteiger partial charge is 0.120 e. The Kier molecular flexibility index (Phi) is 3.29. The number of phenols is 1. The van der Waals surface area contributed by atoms with E-state index in [4.69, 9.17) is 0 Å². The Labute approximate surface area is 110 Å². The lowest BCUT2D eigenvalue weighted by Gasteiger charge is -2.33. The Balaban J connectivity index is 1.79. The van der Waals surface area contributed by atoms with E-state index in [0.717, 1.165) is 18.5 Å². The Bertz CT molecular complexity index is 441. The van der Waals surface area contributed by atoms with Crippen LogP contribution in [0.4, 0.5) is 0 Å². The molecule has 1 aromatic carbocycles. The third-order valence-electron chi connectivity index (χ3n) is 4.61. The average molecular weight is 245 g/mol. The lowest BCUT2D eigenvalue weighted by Crippen LogP contribution is -2.36. The molecule has 0 radical (unpaired) electrons. The van der Waals surface area contributed by atoms with Gasteiger partial charge in [0.1, 0.15) is 5.75 Å². The van der Waals surface area contributed by atoms with Crippen LogP contribution in [0.1, 0.15) is 49.3 Å². The van der Waals surface area contributed by atoms with Crippen LogP contribution in [-0.2, 0) is 19.4 Å². The van der Waals surface area contributed by atoms with Crippen LogP contribution in [0, 0.1) is 0 Å². The van der Waals surface area contributed by atoms with Crippen LogP contribution in [0.15, 0.2) is 12.1 Å². The summed E-state index contributed by atoms with van der Waals surface area (Å²) in [5.74, 6) is 0.508. The van der Waals surface area contributed by atoms with E-state index >= 15 is 0 Å². The SMILES string of the molecule is CC1CCCCN1Cc1cc2c(cc1O)CCC2. The van der Waals surface area contributed by atoms with E-state index in [1.165, 1.54) is 49.8 Å². The van der Waals surface area contributed by atoms with Crippen molar-refractivity contribution in [2.75, 3.05) is 6.54 Å². The van der Waals surface area contributed by atoms with E-state index in [1.807, 2.05) is 6.07 Å². The van der Waals surface area contributed by atoms with Gasteiger partial charge in [0.15, 0.2) is 0 Å². The molecule has 1 unspecified atom stereocenters. The van der Waals surface area contributed by atoms with Crippen LogP contribution in [0.5, 0.6) is 5.75 Å². The minimum absolute atomic E-state index is 0.508. The Hall–Kier alpha value is -1.02. The second kappa shape index (κ2) is 4.93. The van der Waals surface area contributed by atoms with E-state index in [1.54, 1.807) is 0 Å². The molecule has 1 saturated heterocycles. The zero-order chi connectivity index (χ0) is 12.5. The van der Waals surface area contributed by atoms with E-state index < -0.39 is 0 Å². The Morgan fingerprint density at radius 3 is 2.72 bits per heavy atom. The van der Waals surface area contributed by atoms with Crippen molar-refractivity contribution < 1.29 is 5.11 Å². The van der Waals surface area contributed by atoms with Crippen molar-refractivity contribution >= 4 is 0 Å². The molecule has 2 nitrogen and oxygen atoms in total. The number of aromatic hydroxyl groups is 1. The van der Waals surface area contributed by atoms with Crippen molar-refractivity contribution in [1.82, 2.24) is 4.90 Å². The fraction of sp³-hybridized carbons (Fsp3) is 0.625. The zero-order valence-electron chi connectivity index (χ0n) is 11.3. The molecule has 1 N–H and O–H groups in total. The van der Waals surface area contributed by atoms with Crippen molar-refractivity contribution in [3.05, 3.63) is 28.8 Å². The van der Waals surface area contributed by atoms with E-state index in [9.17, 15) is 5.11 Å². The molecule has 2 aliphatic rings. The molecule has 0 saturated carbocycles. The number of likely N-dealkylation sites (tertiary alicyclic amines) is 1. The number of hydrogen-bond acceptors (Lipinski definition) is 2. The van der Waals surface area contributed by atoms with Gasteiger partial charge in [-0.15, -0.1) is 0 Å². The van der Waals surface area contributed by atoms with Crippen molar-refractivity contribution in [3.8, 4) is 5.75 Å². The van der Waals surface area contributed by atoms with E-state index in [0.29, 0.717) is 11.8 Å². The lowest BCUT2D eigenvalue weighted by atomic mass is 10.0. The molecular formula is C16H23NO. The minimum atomic E-state index is 0.508. The summed E-state index contributed by atoms with van der Waals surface area (Å²) in [4.78, 5) is 2.51.